The number of aliphatic carboxylic acids is 1. The van der Waals surface area contributed by atoms with Crippen LogP contribution in [-0.2, 0) is 14.3 Å². The molecule has 0 bridgehead atoms. The lowest BCUT2D eigenvalue weighted by Crippen LogP contribution is -2.52. The van der Waals surface area contributed by atoms with E-state index >= 15 is 0 Å². The van der Waals surface area contributed by atoms with E-state index in [9.17, 15) is 14.7 Å². The third-order valence-corrected chi connectivity index (χ3v) is 5.30. The average Bonchev–Trinajstić information content (AvgIpc) is 2.68. The Balaban J connectivity index is 2.35. The molecule has 5 nitrogen and oxygen atoms in total. The number of hydrogen-bond donors (Lipinski definition) is 1. The van der Waals surface area contributed by atoms with Crippen molar-refractivity contribution in [2.24, 2.45) is 0 Å². The monoisotopic (exact) mass is 337 g/mol. The molecular weight excluding hydrogens is 314 g/mol. The minimum absolute atomic E-state index is 0.300. The van der Waals surface area contributed by atoms with Gasteiger partial charge < -0.3 is 9.84 Å². The number of hydrogen-bond acceptors (Lipinski definition) is 4. The number of benzene rings is 1. The van der Waals surface area contributed by atoms with Gasteiger partial charge in [-0.15, -0.1) is 0 Å². The summed E-state index contributed by atoms with van der Waals surface area (Å²) in [5.41, 5.74) is -0.658. The summed E-state index contributed by atoms with van der Waals surface area (Å²) >= 11 is 0.818. The van der Waals surface area contributed by atoms with Crippen molar-refractivity contribution in [3.05, 3.63) is 35.9 Å². The maximum absolute atomic E-state index is 12.9. The van der Waals surface area contributed by atoms with E-state index in [1.807, 2.05) is 33.8 Å². The maximum Gasteiger partial charge on any atom is 0.324 e. The normalized spacial score (nSPS) is 21.7. The van der Waals surface area contributed by atoms with Crippen LogP contribution in [-0.4, -0.2) is 39.1 Å². The first-order chi connectivity index (χ1) is 10.5. The number of nitrogens with zero attached hydrogens (tertiary/aromatic N) is 1. The first kappa shape index (κ1) is 17.8. The van der Waals surface area contributed by atoms with Gasteiger partial charge in [-0.1, -0.05) is 30.3 Å². The van der Waals surface area contributed by atoms with Crippen LogP contribution in [0, 0.1) is 0 Å². The van der Waals surface area contributed by atoms with Gasteiger partial charge in [0.1, 0.15) is 10.5 Å². The molecule has 1 aliphatic rings. The van der Waals surface area contributed by atoms with Crippen LogP contribution in [0.4, 0.5) is 4.79 Å². The molecule has 0 aliphatic carbocycles. The number of ether oxygens (including phenoxy) is 1. The summed E-state index contributed by atoms with van der Waals surface area (Å²) < 4.78 is 4.36. The van der Waals surface area contributed by atoms with Crippen molar-refractivity contribution in [2.75, 3.05) is 6.61 Å². The number of amides is 1. The van der Waals surface area contributed by atoms with Crippen molar-refractivity contribution in [3.8, 4) is 0 Å². The third-order valence-electron chi connectivity index (χ3n) is 4.13. The van der Waals surface area contributed by atoms with Crippen molar-refractivity contribution < 1.29 is 19.4 Å². The smallest absolute Gasteiger partial charge is 0.324 e. The molecule has 0 radical (unpaired) electrons. The molecule has 1 aliphatic heterocycles. The molecule has 1 fully saturated rings. The lowest BCUT2D eigenvalue weighted by Gasteiger charge is -2.39. The van der Waals surface area contributed by atoms with Gasteiger partial charge in [-0.05, 0) is 51.9 Å². The molecular formula is C17H23NO4S. The average molecular weight is 337 g/mol. The minimum atomic E-state index is -1.35. The highest BCUT2D eigenvalue weighted by Gasteiger charge is 2.51. The highest BCUT2D eigenvalue weighted by Crippen LogP contribution is 2.43. The fraction of sp³-hybridized carbons (Fsp3) is 0.529. The van der Waals surface area contributed by atoms with E-state index in [2.05, 4.69) is 0 Å². The van der Waals surface area contributed by atoms with E-state index in [0.29, 0.717) is 12.2 Å². The summed E-state index contributed by atoms with van der Waals surface area (Å²) in [7, 11) is 0. The van der Waals surface area contributed by atoms with E-state index in [0.717, 1.165) is 11.8 Å². The van der Waals surface area contributed by atoms with Gasteiger partial charge in [-0.3, -0.25) is 14.5 Å². The Morgan fingerprint density at radius 1 is 1.22 bits per heavy atom. The van der Waals surface area contributed by atoms with Gasteiger partial charge in [0.2, 0.25) is 0 Å². The summed E-state index contributed by atoms with van der Waals surface area (Å²) in [4.78, 5) is 26.4. The summed E-state index contributed by atoms with van der Waals surface area (Å²) in [5.74, 6) is -1.04. The van der Waals surface area contributed by atoms with E-state index < -0.39 is 22.0 Å². The Hall–Kier alpha value is -1.53. The van der Waals surface area contributed by atoms with Crippen LogP contribution in [0.5, 0.6) is 0 Å². The molecule has 0 spiro atoms. The lowest BCUT2D eigenvalue weighted by molar-refractivity contribution is -0.139. The second-order valence-electron chi connectivity index (χ2n) is 6.96. The molecule has 1 atom stereocenters. The Kier molecular flexibility index (Phi) is 4.52. The first-order valence-corrected chi connectivity index (χ1v) is 8.28. The van der Waals surface area contributed by atoms with Crippen molar-refractivity contribution in [2.45, 2.75) is 50.6 Å². The van der Waals surface area contributed by atoms with Gasteiger partial charge in [0.15, 0.2) is 0 Å². The van der Waals surface area contributed by atoms with E-state index in [1.165, 1.54) is 0 Å². The number of carboxylic acid groups (broad SMARTS) is 1. The quantitative estimate of drug-likeness (QED) is 0.911. The van der Waals surface area contributed by atoms with Gasteiger partial charge in [0.25, 0.3) is 5.24 Å². The molecule has 0 saturated carbocycles. The SMILES string of the molecule is CC1(C)COC(C)(C)N1C(=O)S[C@](C)(C(=O)O)c1ccccc1. The zero-order valence-electron chi connectivity index (χ0n) is 14.1. The molecule has 0 unspecified atom stereocenters. The zero-order valence-corrected chi connectivity index (χ0v) is 14.9. The third kappa shape index (κ3) is 3.23. The van der Waals surface area contributed by atoms with Gasteiger partial charge in [0, 0.05) is 0 Å². The van der Waals surface area contributed by atoms with Gasteiger partial charge in [0.05, 0.1) is 12.1 Å². The highest BCUT2D eigenvalue weighted by molar-refractivity contribution is 8.14. The summed E-state index contributed by atoms with van der Waals surface area (Å²) in [6.07, 6.45) is 0. The predicted molar refractivity (Wildman–Crippen MR) is 90.4 cm³/mol. The van der Waals surface area contributed by atoms with Crippen molar-refractivity contribution in [1.29, 1.82) is 0 Å². The molecule has 0 aromatic heterocycles. The highest BCUT2D eigenvalue weighted by atomic mass is 32.2. The molecule has 1 aromatic carbocycles. The van der Waals surface area contributed by atoms with E-state index in [4.69, 9.17) is 4.74 Å². The Morgan fingerprint density at radius 2 is 1.78 bits per heavy atom. The molecule has 126 valence electrons. The summed E-state index contributed by atoms with van der Waals surface area (Å²) in [6, 6.07) is 8.82. The molecule has 23 heavy (non-hydrogen) atoms. The van der Waals surface area contributed by atoms with Gasteiger partial charge in [-0.25, -0.2) is 0 Å². The van der Waals surface area contributed by atoms with Crippen LogP contribution in [0.25, 0.3) is 0 Å². The fourth-order valence-corrected chi connectivity index (χ4v) is 4.13. The Bertz CT molecular complexity index is 598. The number of carboxylic acids is 1. The van der Waals surface area contributed by atoms with Crippen molar-refractivity contribution >= 4 is 23.0 Å². The molecule has 1 N–H and O–H groups in total. The topological polar surface area (TPSA) is 66.8 Å². The molecule has 2 rings (SSSR count). The minimum Gasteiger partial charge on any atom is -0.480 e. The van der Waals surface area contributed by atoms with E-state index in [-0.39, 0.29) is 5.24 Å². The van der Waals surface area contributed by atoms with Gasteiger partial charge in [-0.2, -0.15) is 0 Å². The molecule has 1 aromatic rings. The molecule has 6 heteroatoms. The van der Waals surface area contributed by atoms with Crippen LogP contribution in [0.2, 0.25) is 0 Å². The lowest BCUT2D eigenvalue weighted by atomic mass is 10.0. The standard InChI is InChI=1S/C17H23NO4S/c1-15(2)11-22-16(3,4)18(15)14(21)23-17(5,13(19)20)12-9-7-6-8-10-12/h6-10H,11H2,1-5H3,(H,19,20)/t17-/m0/s1. The second-order valence-corrected chi connectivity index (χ2v) is 8.33. The first-order valence-electron chi connectivity index (χ1n) is 7.47. The summed E-state index contributed by atoms with van der Waals surface area (Å²) in [5, 5.41) is 9.42. The Labute approximate surface area is 141 Å². The predicted octanol–water partition coefficient (Wildman–Crippen LogP) is 3.69. The maximum atomic E-state index is 12.9. The van der Waals surface area contributed by atoms with Gasteiger partial charge >= 0.3 is 5.97 Å². The van der Waals surface area contributed by atoms with Crippen LogP contribution in [0.1, 0.15) is 40.2 Å². The largest absolute Gasteiger partial charge is 0.480 e. The molecule has 1 saturated heterocycles. The van der Waals surface area contributed by atoms with E-state index in [1.54, 1.807) is 36.1 Å². The molecule has 1 amide bonds. The van der Waals surface area contributed by atoms with Crippen LogP contribution < -0.4 is 0 Å². The van der Waals surface area contributed by atoms with Crippen molar-refractivity contribution in [1.82, 2.24) is 4.90 Å². The summed E-state index contributed by atoms with van der Waals surface area (Å²) in [6.45, 7) is 9.45. The fourth-order valence-electron chi connectivity index (χ4n) is 2.88. The second kappa shape index (κ2) is 5.83. The Morgan fingerprint density at radius 3 is 2.22 bits per heavy atom. The van der Waals surface area contributed by atoms with Crippen molar-refractivity contribution in [3.63, 3.8) is 0 Å². The van der Waals surface area contributed by atoms with Crippen LogP contribution in [0.15, 0.2) is 30.3 Å². The molecule has 1 heterocycles. The number of rotatable bonds is 3. The van der Waals surface area contributed by atoms with Crippen LogP contribution in [0.3, 0.4) is 0 Å². The number of thioether (sulfide) groups is 1. The number of carbonyl (C=O) groups excluding carboxylic acids is 1. The van der Waals surface area contributed by atoms with Crippen LogP contribution >= 0.6 is 11.8 Å². The number of carbonyl (C=O) groups is 2. The zero-order chi connectivity index (χ0) is 17.5.